The zero-order valence-corrected chi connectivity index (χ0v) is 60.2. The third-order valence-electron chi connectivity index (χ3n) is 19.8. The number of aliphatic hydroxyl groups excluding tert-OH is 8. The lowest BCUT2D eigenvalue weighted by Gasteiger charge is -2.52. The molecule has 8 heterocycles. The number of methoxy groups -OCH3 is 13. The van der Waals surface area contributed by atoms with Crippen molar-refractivity contribution in [2.45, 2.75) is 222 Å². The van der Waals surface area contributed by atoms with Crippen molar-refractivity contribution in [3.8, 4) is 0 Å². The topological polar surface area (TPSA) is 466 Å². The Morgan fingerprint density at radius 3 is 1.02 bits per heavy atom. The highest BCUT2D eigenvalue weighted by atomic mass is 16.8. The summed E-state index contributed by atoms with van der Waals surface area (Å²) in [5.74, 6) is -2.24. The van der Waals surface area contributed by atoms with Gasteiger partial charge >= 0.3 is 5.97 Å². The predicted octanol–water partition coefficient (Wildman–Crippen LogP) is -5.90. The molecule has 0 spiro atoms. The molecule has 35 atom stereocenters. The molecule has 596 valence electrons. The number of rotatable bonds is 34. The highest BCUT2D eigenvalue weighted by Crippen LogP contribution is 2.42. The summed E-state index contributed by atoms with van der Waals surface area (Å²) in [4.78, 5) is 41.6. The van der Waals surface area contributed by atoms with Crippen LogP contribution in [0.3, 0.4) is 0 Å². The number of amides is 2. The van der Waals surface area contributed by atoms with Crippen molar-refractivity contribution in [1.82, 2.24) is 4.90 Å². The van der Waals surface area contributed by atoms with E-state index < -0.39 is 259 Å². The lowest BCUT2D eigenvalue weighted by molar-refractivity contribution is -0.402. The average molecular weight is 1510 g/mol. The van der Waals surface area contributed by atoms with Crippen LogP contribution in [0, 0.1) is 0 Å². The smallest absolute Gasteiger partial charge is 0.302 e. The molecular formula is C65H103NO38. The maximum atomic E-state index is 14.2. The first-order chi connectivity index (χ1) is 50.1. The molecule has 0 aromatic heterocycles. The summed E-state index contributed by atoms with van der Waals surface area (Å²) in [5.41, 5.74) is 0.161. The van der Waals surface area contributed by atoms with Crippen LogP contribution in [0.15, 0.2) is 24.3 Å². The van der Waals surface area contributed by atoms with Gasteiger partial charge in [0.15, 0.2) is 44.0 Å². The molecule has 8 aliphatic rings. The van der Waals surface area contributed by atoms with Gasteiger partial charge in [-0.15, -0.1) is 0 Å². The monoisotopic (exact) mass is 1510 g/mol. The van der Waals surface area contributed by atoms with Gasteiger partial charge in [-0.05, 0) is 12.1 Å². The van der Waals surface area contributed by atoms with E-state index in [1.807, 2.05) is 0 Å². The Morgan fingerprint density at radius 1 is 0.346 bits per heavy atom. The number of hydrogen-bond donors (Lipinski definition) is 8. The Bertz CT molecular complexity index is 2770. The fourth-order valence-corrected chi connectivity index (χ4v) is 14.7. The predicted molar refractivity (Wildman–Crippen MR) is 338 cm³/mol. The average Bonchev–Trinajstić information content (AvgIpc) is 1.06. The second kappa shape index (κ2) is 38.9. The van der Waals surface area contributed by atoms with Crippen molar-refractivity contribution in [1.29, 1.82) is 0 Å². The first-order valence-corrected chi connectivity index (χ1v) is 33.7. The molecule has 7 saturated heterocycles. The molecule has 0 radical (unpaired) electrons. The summed E-state index contributed by atoms with van der Waals surface area (Å²) < 4.78 is 167. The van der Waals surface area contributed by atoms with Gasteiger partial charge in [0.1, 0.15) is 178 Å². The van der Waals surface area contributed by atoms with Crippen LogP contribution in [0.1, 0.15) is 27.6 Å². The normalized spacial score (nSPS) is 43.6. The fourth-order valence-electron chi connectivity index (χ4n) is 14.7. The number of hydrogen-bond acceptors (Lipinski definition) is 38. The molecule has 0 saturated carbocycles. The maximum absolute atomic E-state index is 14.2. The Morgan fingerprint density at radius 2 is 0.654 bits per heavy atom. The highest BCUT2D eigenvalue weighted by molar-refractivity contribution is 6.21. The summed E-state index contributed by atoms with van der Waals surface area (Å²) in [5, 5.41) is 86.8. The van der Waals surface area contributed by atoms with E-state index in [0.29, 0.717) is 0 Å². The molecule has 9 rings (SSSR count). The molecule has 1 aromatic rings. The van der Waals surface area contributed by atoms with E-state index in [0.717, 1.165) is 11.8 Å². The largest absolute Gasteiger partial charge is 0.463 e. The van der Waals surface area contributed by atoms with Crippen LogP contribution in [-0.4, -0.2) is 417 Å². The van der Waals surface area contributed by atoms with E-state index in [1.54, 1.807) is 12.1 Å². The van der Waals surface area contributed by atoms with E-state index in [1.165, 1.54) is 105 Å². The van der Waals surface area contributed by atoms with Gasteiger partial charge < -0.3 is 169 Å². The Hall–Kier alpha value is -3.53. The van der Waals surface area contributed by atoms with Crippen LogP contribution in [0.25, 0.3) is 0 Å². The SMILES string of the molecule is COCC1O[C@@H](O[C@H]2C(OC)C(OC)[C@H](O[C@H]3C(OC)C(OC)[C@H](O[C@@H]4C(CO)O[C@@H](O)C(OC)[C@H]4OC)O[C@H]3COC)O[C@H]2COC)C(OC)[C@@H](OC)[C@@H]1O[C@H]1OC(CN2C(=O)c3ccccc3C2=O)[C@@H](O[C@@H]2O[C@@H](COC(C)=O)[C@@H](O[C@H]3O[C@@H](CO)C(O)C(O)C3O)C(O)C2O)[C@H](OC)C1OC. The third kappa shape index (κ3) is 17.8. The van der Waals surface area contributed by atoms with Crippen LogP contribution < -0.4 is 0 Å². The van der Waals surface area contributed by atoms with Crippen molar-refractivity contribution < 1.29 is 183 Å². The van der Waals surface area contributed by atoms with E-state index in [-0.39, 0.29) is 30.9 Å². The van der Waals surface area contributed by atoms with Crippen molar-refractivity contribution in [2.75, 3.05) is 139 Å². The quantitative estimate of drug-likeness (QED) is 0.0235. The van der Waals surface area contributed by atoms with Crippen LogP contribution in [0.4, 0.5) is 0 Å². The number of nitrogens with zero attached hydrogens (tertiary/aromatic N) is 1. The van der Waals surface area contributed by atoms with E-state index >= 15 is 0 Å². The molecule has 1 aromatic carbocycles. The number of fused-ring (bicyclic) bond motifs is 1. The van der Waals surface area contributed by atoms with Crippen molar-refractivity contribution in [2.24, 2.45) is 0 Å². The number of carbonyl (C=O) groups is 3. The molecule has 0 bridgehead atoms. The van der Waals surface area contributed by atoms with E-state index in [4.69, 9.17) is 128 Å². The number of benzene rings is 1. The van der Waals surface area contributed by atoms with Gasteiger partial charge in [0.25, 0.3) is 11.8 Å². The minimum Gasteiger partial charge on any atom is -0.463 e. The van der Waals surface area contributed by atoms with Gasteiger partial charge in [-0.2, -0.15) is 0 Å². The number of imide groups is 1. The molecule has 0 aliphatic carbocycles. The molecule has 7 fully saturated rings. The Kier molecular flexibility index (Phi) is 31.6. The third-order valence-corrected chi connectivity index (χ3v) is 19.8. The van der Waals surface area contributed by atoms with Crippen molar-refractivity contribution in [3.63, 3.8) is 0 Å². The van der Waals surface area contributed by atoms with Gasteiger partial charge in [0, 0.05) is 99.4 Å². The van der Waals surface area contributed by atoms with Gasteiger partial charge in [-0.1, -0.05) is 12.1 Å². The minimum absolute atomic E-state index is 0.0805. The molecule has 8 N–H and O–H groups in total. The molecule has 104 heavy (non-hydrogen) atoms. The number of aliphatic hydroxyl groups is 8. The summed E-state index contributed by atoms with van der Waals surface area (Å²) in [6.07, 6.45) is -48.7. The molecular weight excluding hydrogens is 1400 g/mol. The minimum atomic E-state index is -2.10. The molecule has 2 amide bonds. The van der Waals surface area contributed by atoms with Gasteiger partial charge in [0.2, 0.25) is 0 Å². The summed E-state index contributed by atoms with van der Waals surface area (Å²) >= 11 is 0. The second-order valence-electron chi connectivity index (χ2n) is 25.7. The van der Waals surface area contributed by atoms with Crippen LogP contribution in [0.2, 0.25) is 0 Å². The van der Waals surface area contributed by atoms with Crippen molar-refractivity contribution in [3.05, 3.63) is 35.4 Å². The summed E-state index contributed by atoms with van der Waals surface area (Å²) in [7, 11) is 18.1. The Labute approximate surface area is 600 Å². The maximum Gasteiger partial charge on any atom is 0.302 e. The molecule has 39 nitrogen and oxygen atoms in total. The van der Waals surface area contributed by atoms with Crippen LogP contribution in [-0.2, 0) is 133 Å². The molecule has 8 aliphatic heterocycles. The van der Waals surface area contributed by atoms with Gasteiger partial charge in [-0.25, -0.2) is 0 Å². The van der Waals surface area contributed by atoms with E-state index in [9.17, 15) is 55.2 Å². The standard InChI is InChI=1S/C65H103NO38/c1-26(69)91-25-35-41(99-60-39(73)37(71)36(70)30(20-67)94-60)38(72)40(74)61(95-35)100-42-29(19-66-57(75)27-17-15-16-18-28(27)58(66)76)93-62(53(87-11)48(42)82-6)102-44-32(22-78-2)97-64(55(89-13)49(44)83-7)104-46-34(24-80-4)98-65(56(90-14)51(46)85-9)103-45-33(23-79-3)96-63(54(88-12)50(45)84-8)101-43-31(21-68)92-59(77)52(86-10)47(43)81-5/h15-18,29-56,59-65,67-68,70-74,77H,19-25H2,1-14H3/t29?,30-,31?,32?,33-,34-,35-,36?,37?,38?,39?,40?,41+,42+,43+,44+,45+,46+,47-,48-,49-,50?,51?,52?,53?,54?,55?,56?,59+,60+,61-,62+,63-,64-,65-/m0/s1. The zero-order valence-electron chi connectivity index (χ0n) is 60.2. The summed E-state index contributed by atoms with van der Waals surface area (Å²) in [6, 6.07) is 6.11. The van der Waals surface area contributed by atoms with E-state index in [2.05, 4.69) is 0 Å². The van der Waals surface area contributed by atoms with Crippen LogP contribution >= 0.6 is 0 Å². The highest BCUT2D eigenvalue weighted by Gasteiger charge is 2.61. The first kappa shape index (κ1) is 84.5. The van der Waals surface area contributed by atoms with Crippen molar-refractivity contribution >= 4 is 17.8 Å². The lowest BCUT2D eigenvalue weighted by atomic mass is 9.94. The lowest BCUT2D eigenvalue weighted by Crippen LogP contribution is -2.69. The Balaban J connectivity index is 0.970. The second-order valence-corrected chi connectivity index (χ2v) is 25.7. The number of carbonyl (C=O) groups excluding carboxylic acids is 3. The number of ether oxygens (including phenoxy) is 27. The van der Waals surface area contributed by atoms with Gasteiger partial charge in [-0.3, -0.25) is 19.3 Å². The van der Waals surface area contributed by atoms with Crippen LogP contribution in [0.5, 0.6) is 0 Å². The number of esters is 1. The molecule has 39 heteroatoms. The van der Waals surface area contributed by atoms with Gasteiger partial charge in [0.05, 0.1) is 50.7 Å². The zero-order chi connectivity index (χ0) is 75.5. The summed E-state index contributed by atoms with van der Waals surface area (Å²) in [6.45, 7) is -2.06. The fraction of sp³-hybridized carbons (Fsp3) is 0.862. The first-order valence-electron chi connectivity index (χ1n) is 33.7. The molecule has 15 unspecified atom stereocenters.